The molecule has 1 saturated heterocycles. The molecule has 25 heavy (non-hydrogen) atoms. The average Bonchev–Trinajstić information content (AvgIpc) is 2.57. The number of hydrogen-bond acceptors (Lipinski definition) is 5. The topological polar surface area (TPSA) is 60.5 Å². The molecule has 2 heterocycles. The van der Waals surface area contributed by atoms with Crippen LogP contribution in [0.15, 0.2) is 28.9 Å². The number of hydrogen-bond donors (Lipinski definition) is 1. The highest BCUT2D eigenvalue weighted by molar-refractivity contribution is 9.10. The number of carbonyl (C=O) groups excluding carboxylic acids is 1. The third kappa shape index (κ3) is 3.80. The molecule has 2 aromatic rings. The van der Waals surface area contributed by atoms with Gasteiger partial charge in [0.25, 0.3) is 0 Å². The van der Waals surface area contributed by atoms with Gasteiger partial charge in [0.2, 0.25) is 0 Å². The van der Waals surface area contributed by atoms with E-state index in [9.17, 15) is 4.79 Å². The van der Waals surface area contributed by atoms with Gasteiger partial charge in [-0.05, 0) is 31.5 Å². The molecular formula is C19H23BrN2O3. The zero-order valence-corrected chi connectivity index (χ0v) is 16.4. The summed E-state index contributed by atoms with van der Waals surface area (Å²) in [6, 6.07) is 6.06. The number of rotatable bonds is 4. The van der Waals surface area contributed by atoms with Gasteiger partial charge in [-0.1, -0.05) is 29.8 Å². The second-order valence-electron chi connectivity index (χ2n) is 6.96. The molecule has 1 N–H and O–H groups in total. The summed E-state index contributed by atoms with van der Waals surface area (Å²) in [5, 5.41) is 4.51. The highest BCUT2D eigenvalue weighted by Gasteiger charge is 2.34. The Labute approximate surface area is 156 Å². The molecule has 1 aromatic heterocycles. The van der Waals surface area contributed by atoms with Crippen molar-refractivity contribution < 1.29 is 14.3 Å². The summed E-state index contributed by atoms with van der Waals surface area (Å²) in [5.74, 6) is -0.357. The van der Waals surface area contributed by atoms with Gasteiger partial charge in [-0.25, -0.2) is 4.79 Å². The Morgan fingerprint density at radius 3 is 3.00 bits per heavy atom. The van der Waals surface area contributed by atoms with Crippen LogP contribution >= 0.6 is 15.9 Å². The summed E-state index contributed by atoms with van der Waals surface area (Å²) >= 11 is 3.51. The molecule has 1 atom stereocenters. The Hall–Kier alpha value is -1.66. The highest BCUT2D eigenvalue weighted by atomic mass is 79.9. The number of nitrogens with one attached hydrogen (secondary N) is 1. The van der Waals surface area contributed by atoms with E-state index in [2.05, 4.69) is 40.1 Å². The molecule has 0 bridgehead atoms. The van der Waals surface area contributed by atoms with E-state index in [1.54, 1.807) is 13.1 Å². The van der Waals surface area contributed by atoms with Crippen LogP contribution in [0, 0.1) is 5.41 Å². The van der Waals surface area contributed by atoms with E-state index in [0.29, 0.717) is 25.4 Å². The summed E-state index contributed by atoms with van der Waals surface area (Å²) in [6.07, 6.45) is 2.48. The minimum atomic E-state index is -0.357. The largest absolute Gasteiger partial charge is 0.462 e. The molecule has 1 fully saturated rings. The lowest BCUT2D eigenvalue weighted by Crippen LogP contribution is -2.44. The number of esters is 1. The molecule has 3 rings (SSSR count). The molecule has 0 radical (unpaired) electrons. The average molecular weight is 407 g/mol. The van der Waals surface area contributed by atoms with E-state index in [1.165, 1.54) is 0 Å². The van der Waals surface area contributed by atoms with Gasteiger partial charge in [0.1, 0.15) is 5.56 Å². The van der Waals surface area contributed by atoms with E-state index in [1.807, 2.05) is 18.2 Å². The molecule has 134 valence electrons. The minimum Gasteiger partial charge on any atom is -0.462 e. The number of aromatic nitrogens is 1. The molecule has 5 nitrogen and oxygen atoms in total. The van der Waals surface area contributed by atoms with Crippen molar-refractivity contribution in [1.82, 2.24) is 4.98 Å². The molecule has 1 aliphatic rings. The van der Waals surface area contributed by atoms with Crippen molar-refractivity contribution in [2.24, 2.45) is 5.41 Å². The van der Waals surface area contributed by atoms with Crippen molar-refractivity contribution in [2.75, 3.05) is 25.1 Å². The van der Waals surface area contributed by atoms with Crippen LogP contribution in [-0.2, 0) is 9.47 Å². The first-order chi connectivity index (χ1) is 11.9. The van der Waals surface area contributed by atoms with Crippen LogP contribution in [0.5, 0.6) is 0 Å². The summed E-state index contributed by atoms with van der Waals surface area (Å²) in [4.78, 5) is 16.9. The van der Waals surface area contributed by atoms with Gasteiger partial charge in [-0.3, -0.25) is 4.98 Å². The van der Waals surface area contributed by atoms with Crippen LogP contribution in [0.2, 0.25) is 0 Å². The molecule has 1 aliphatic heterocycles. The van der Waals surface area contributed by atoms with E-state index >= 15 is 0 Å². The first-order valence-electron chi connectivity index (χ1n) is 8.52. The van der Waals surface area contributed by atoms with Gasteiger partial charge in [0, 0.05) is 34.1 Å². The second-order valence-corrected chi connectivity index (χ2v) is 7.87. The fourth-order valence-corrected chi connectivity index (χ4v) is 3.51. The van der Waals surface area contributed by atoms with Crippen LogP contribution in [0.4, 0.5) is 5.69 Å². The highest BCUT2D eigenvalue weighted by Crippen LogP contribution is 2.35. The Kier molecular flexibility index (Phi) is 5.29. The maximum Gasteiger partial charge on any atom is 0.341 e. The van der Waals surface area contributed by atoms with Gasteiger partial charge in [-0.15, -0.1) is 0 Å². The molecule has 1 unspecified atom stereocenters. The van der Waals surface area contributed by atoms with Crippen molar-refractivity contribution in [3.05, 3.63) is 34.4 Å². The summed E-state index contributed by atoms with van der Waals surface area (Å²) in [6.45, 7) is 7.88. The van der Waals surface area contributed by atoms with Crippen molar-refractivity contribution in [3.63, 3.8) is 0 Å². The fraction of sp³-hybridized carbons (Fsp3) is 0.474. The van der Waals surface area contributed by atoms with Gasteiger partial charge in [0.05, 0.1) is 24.4 Å². The number of carbonyl (C=O) groups is 1. The van der Waals surface area contributed by atoms with Crippen LogP contribution in [0.3, 0.4) is 0 Å². The molecule has 1 aromatic carbocycles. The Morgan fingerprint density at radius 2 is 2.28 bits per heavy atom. The first kappa shape index (κ1) is 18.1. The van der Waals surface area contributed by atoms with Crippen LogP contribution in [0.25, 0.3) is 10.9 Å². The molecular weight excluding hydrogens is 384 g/mol. The van der Waals surface area contributed by atoms with E-state index in [4.69, 9.17) is 9.47 Å². The van der Waals surface area contributed by atoms with E-state index < -0.39 is 0 Å². The zero-order chi connectivity index (χ0) is 18.0. The lowest BCUT2D eigenvalue weighted by Gasteiger charge is -2.39. The molecule has 6 heteroatoms. The van der Waals surface area contributed by atoms with Crippen molar-refractivity contribution in [3.8, 4) is 0 Å². The van der Waals surface area contributed by atoms with Crippen molar-refractivity contribution in [1.29, 1.82) is 0 Å². The number of fused-ring (bicyclic) bond motifs is 1. The Balaban J connectivity index is 2.10. The normalized spacial score (nSPS) is 19.6. The smallest absolute Gasteiger partial charge is 0.341 e. The monoisotopic (exact) mass is 406 g/mol. The molecule has 0 amide bonds. The summed E-state index contributed by atoms with van der Waals surface area (Å²) in [5.41, 5.74) is 2.05. The zero-order valence-electron chi connectivity index (χ0n) is 14.8. The van der Waals surface area contributed by atoms with Crippen molar-refractivity contribution >= 4 is 38.5 Å². The molecule has 0 spiro atoms. The molecule has 0 saturated carbocycles. The van der Waals surface area contributed by atoms with Crippen LogP contribution in [-0.4, -0.2) is 36.8 Å². The SMILES string of the molecule is CCOC(=O)c1cnc2ccc(Br)cc2c1NC1CCOCC1(C)C. The van der Waals surface area contributed by atoms with Gasteiger partial charge < -0.3 is 14.8 Å². The maximum atomic E-state index is 12.5. The fourth-order valence-electron chi connectivity index (χ4n) is 3.15. The minimum absolute atomic E-state index is 0.0359. The van der Waals surface area contributed by atoms with E-state index in [-0.39, 0.29) is 17.4 Å². The predicted octanol–water partition coefficient (Wildman–Crippen LogP) is 4.40. The summed E-state index contributed by atoms with van der Waals surface area (Å²) in [7, 11) is 0. The lowest BCUT2D eigenvalue weighted by atomic mass is 9.81. The van der Waals surface area contributed by atoms with Crippen LogP contribution < -0.4 is 5.32 Å². The number of anilines is 1. The third-order valence-corrected chi connectivity index (χ3v) is 5.11. The Bertz CT molecular complexity index is 792. The third-order valence-electron chi connectivity index (χ3n) is 4.61. The van der Waals surface area contributed by atoms with Gasteiger partial charge in [0.15, 0.2) is 0 Å². The number of halogens is 1. The number of ether oxygens (including phenoxy) is 2. The number of benzene rings is 1. The second kappa shape index (κ2) is 7.30. The van der Waals surface area contributed by atoms with E-state index in [0.717, 1.165) is 27.5 Å². The lowest BCUT2D eigenvalue weighted by molar-refractivity contribution is 0.00346. The standard InChI is InChI=1S/C19H23BrN2O3/c1-4-25-18(23)14-10-21-15-6-5-12(20)9-13(15)17(14)22-16-7-8-24-11-19(16,2)3/h5-6,9-10,16H,4,7-8,11H2,1-3H3,(H,21,22). The molecule has 0 aliphatic carbocycles. The van der Waals surface area contributed by atoms with Crippen molar-refractivity contribution in [2.45, 2.75) is 33.2 Å². The quantitative estimate of drug-likeness (QED) is 0.762. The van der Waals surface area contributed by atoms with Gasteiger partial charge in [-0.2, -0.15) is 0 Å². The summed E-state index contributed by atoms with van der Waals surface area (Å²) < 4.78 is 11.8. The predicted molar refractivity (Wildman–Crippen MR) is 102 cm³/mol. The first-order valence-corrected chi connectivity index (χ1v) is 9.31. The maximum absolute atomic E-state index is 12.5. The number of pyridine rings is 1. The van der Waals surface area contributed by atoms with Crippen LogP contribution in [0.1, 0.15) is 37.6 Å². The van der Waals surface area contributed by atoms with Gasteiger partial charge >= 0.3 is 5.97 Å². The number of nitrogens with zero attached hydrogens (tertiary/aromatic N) is 1. The Morgan fingerprint density at radius 1 is 1.48 bits per heavy atom.